The highest BCUT2D eigenvalue weighted by atomic mass is 17.0. The predicted molar refractivity (Wildman–Crippen MR) is 104 cm³/mol. The van der Waals surface area contributed by atoms with E-state index in [0.29, 0.717) is 26.4 Å². The van der Waals surface area contributed by atoms with Crippen molar-refractivity contribution >= 4 is 0 Å². The number of rotatable bonds is 17. The maximum Gasteiger partial charge on any atom is 0.412 e. The summed E-state index contributed by atoms with van der Waals surface area (Å²) in [4.78, 5) is 0. The first-order valence-corrected chi connectivity index (χ1v) is 9.75. The largest absolute Gasteiger partial charge is 0.412 e. The molecule has 0 saturated carbocycles. The highest BCUT2D eigenvalue weighted by Crippen LogP contribution is 2.19. The quantitative estimate of drug-likeness (QED) is 0.189. The molecule has 0 amide bonds. The third kappa shape index (κ3) is 14.0. The molecule has 0 fully saturated rings. The van der Waals surface area contributed by atoms with Crippen LogP contribution >= 0.6 is 0 Å². The van der Waals surface area contributed by atoms with Crippen molar-refractivity contribution in [1.29, 1.82) is 0 Å². The minimum absolute atomic E-state index is 0.459. The molecule has 0 rings (SSSR count). The Morgan fingerprint density at radius 3 is 1.16 bits per heavy atom. The van der Waals surface area contributed by atoms with Crippen LogP contribution in [0.5, 0.6) is 0 Å². The molecule has 0 aromatic rings. The Hall–Kier alpha value is -0.940. The Morgan fingerprint density at radius 2 is 0.880 bits per heavy atom. The van der Waals surface area contributed by atoms with Crippen molar-refractivity contribution in [2.75, 3.05) is 26.4 Å². The Labute approximate surface area is 154 Å². The monoisotopic (exact) mass is 354 g/mol. The van der Waals surface area contributed by atoms with Crippen LogP contribution in [0.3, 0.4) is 0 Å². The van der Waals surface area contributed by atoms with E-state index in [9.17, 15) is 0 Å². The van der Waals surface area contributed by atoms with Gasteiger partial charge in [-0.2, -0.15) is 0 Å². The average molecular weight is 355 g/mol. The lowest BCUT2D eigenvalue weighted by atomic mass is 10.3. The van der Waals surface area contributed by atoms with E-state index in [-0.39, 0.29) is 0 Å². The smallest absolute Gasteiger partial charge is 0.304 e. The van der Waals surface area contributed by atoms with Gasteiger partial charge in [-0.05, 0) is 45.4 Å². The lowest BCUT2D eigenvalue weighted by Crippen LogP contribution is -2.43. The fourth-order valence-electron chi connectivity index (χ4n) is 2.04. The first-order valence-electron chi connectivity index (χ1n) is 9.75. The van der Waals surface area contributed by atoms with Gasteiger partial charge < -0.3 is 18.9 Å². The van der Waals surface area contributed by atoms with E-state index in [0.717, 1.165) is 38.5 Å². The third-order valence-electron chi connectivity index (χ3n) is 3.22. The summed E-state index contributed by atoms with van der Waals surface area (Å²) in [6.07, 6.45) is 16.8. The average Bonchev–Trinajstić information content (AvgIpc) is 2.61. The molecule has 0 aliphatic rings. The summed E-state index contributed by atoms with van der Waals surface area (Å²) < 4.78 is 23.3. The standard InChI is InChI=1S/C21H38O4/c1-5-9-12-15-18-23-21(22-8-4,24-19-16-13-10-6-2)25-20-17-14-11-7-3/h9-14H,5-8,15-20H2,1-4H3/b12-9-,13-10-,14-11-. The second-order valence-corrected chi connectivity index (χ2v) is 5.48. The Bertz CT molecular complexity index is 311. The summed E-state index contributed by atoms with van der Waals surface area (Å²) in [5.74, 6) is 0. The Balaban J connectivity index is 4.62. The normalized spacial score (nSPS) is 13.0. The molecule has 0 saturated heterocycles. The lowest BCUT2D eigenvalue weighted by Gasteiger charge is -2.31. The predicted octanol–water partition coefficient (Wildman–Crippen LogP) is 5.75. The van der Waals surface area contributed by atoms with E-state index < -0.39 is 6.16 Å². The molecule has 0 bridgehead atoms. The van der Waals surface area contributed by atoms with Crippen LogP contribution in [0, 0.1) is 0 Å². The molecule has 0 aliphatic carbocycles. The Kier molecular flexibility index (Phi) is 17.2. The summed E-state index contributed by atoms with van der Waals surface area (Å²) in [6, 6.07) is 0. The van der Waals surface area contributed by atoms with Crippen LogP contribution in [0.25, 0.3) is 0 Å². The van der Waals surface area contributed by atoms with Gasteiger partial charge in [0.15, 0.2) is 0 Å². The first-order chi connectivity index (χ1) is 12.2. The first kappa shape index (κ1) is 24.1. The van der Waals surface area contributed by atoms with Gasteiger partial charge in [-0.25, -0.2) is 0 Å². The second-order valence-electron chi connectivity index (χ2n) is 5.48. The lowest BCUT2D eigenvalue weighted by molar-refractivity contribution is -0.497. The number of ether oxygens (including phenoxy) is 4. The van der Waals surface area contributed by atoms with Gasteiger partial charge in [0.2, 0.25) is 0 Å². The highest BCUT2D eigenvalue weighted by Gasteiger charge is 2.34. The maximum absolute atomic E-state index is 5.86. The van der Waals surface area contributed by atoms with Crippen LogP contribution in [0.2, 0.25) is 0 Å². The fraction of sp³-hybridized carbons (Fsp3) is 0.714. The number of hydrogen-bond acceptors (Lipinski definition) is 4. The van der Waals surface area contributed by atoms with E-state index in [1.807, 2.05) is 6.92 Å². The molecular weight excluding hydrogens is 316 g/mol. The molecule has 0 aromatic heterocycles. The van der Waals surface area contributed by atoms with Crippen molar-refractivity contribution < 1.29 is 18.9 Å². The molecule has 0 N–H and O–H groups in total. The minimum Gasteiger partial charge on any atom is -0.304 e. The van der Waals surface area contributed by atoms with E-state index in [1.165, 1.54) is 0 Å². The van der Waals surface area contributed by atoms with Gasteiger partial charge in [0.1, 0.15) is 0 Å². The molecular formula is C21H38O4. The molecule has 0 aromatic carbocycles. The van der Waals surface area contributed by atoms with Gasteiger partial charge in [0, 0.05) is 0 Å². The summed E-state index contributed by atoms with van der Waals surface area (Å²) in [6.45, 7) is 10.2. The molecule has 0 aliphatic heterocycles. The molecule has 25 heavy (non-hydrogen) atoms. The van der Waals surface area contributed by atoms with Gasteiger partial charge in [-0.3, -0.25) is 0 Å². The van der Waals surface area contributed by atoms with Gasteiger partial charge in [0.25, 0.3) is 0 Å². The van der Waals surface area contributed by atoms with Crippen molar-refractivity contribution in [1.82, 2.24) is 0 Å². The zero-order chi connectivity index (χ0) is 18.6. The van der Waals surface area contributed by atoms with Crippen LogP contribution in [-0.4, -0.2) is 32.6 Å². The summed E-state index contributed by atoms with van der Waals surface area (Å²) in [7, 11) is 0. The SMILES string of the molecule is CC/C=C\CCOC(OCC)(OCC/C=C\CC)OCC/C=C\CC. The van der Waals surface area contributed by atoms with Crippen LogP contribution < -0.4 is 0 Å². The summed E-state index contributed by atoms with van der Waals surface area (Å²) >= 11 is 0. The van der Waals surface area contributed by atoms with E-state index in [1.54, 1.807) is 0 Å². The van der Waals surface area contributed by atoms with Crippen molar-refractivity contribution in [3.63, 3.8) is 0 Å². The van der Waals surface area contributed by atoms with Gasteiger partial charge >= 0.3 is 6.16 Å². The molecule has 146 valence electrons. The van der Waals surface area contributed by atoms with Crippen LogP contribution in [0.15, 0.2) is 36.5 Å². The fourth-order valence-corrected chi connectivity index (χ4v) is 2.04. The number of allylic oxidation sites excluding steroid dienone is 3. The van der Waals surface area contributed by atoms with E-state index in [4.69, 9.17) is 18.9 Å². The zero-order valence-corrected chi connectivity index (χ0v) is 16.7. The number of hydrogen-bond donors (Lipinski definition) is 0. The second kappa shape index (κ2) is 17.9. The molecule has 4 heteroatoms. The van der Waals surface area contributed by atoms with Crippen molar-refractivity contribution in [3.05, 3.63) is 36.5 Å². The van der Waals surface area contributed by atoms with Crippen LogP contribution in [-0.2, 0) is 18.9 Å². The summed E-state index contributed by atoms with van der Waals surface area (Å²) in [5, 5.41) is 0. The van der Waals surface area contributed by atoms with Gasteiger partial charge in [-0.1, -0.05) is 57.2 Å². The van der Waals surface area contributed by atoms with E-state index >= 15 is 0 Å². The third-order valence-corrected chi connectivity index (χ3v) is 3.22. The zero-order valence-electron chi connectivity index (χ0n) is 16.7. The van der Waals surface area contributed by atoms with Crippen LogP contribution in [0.1, 0.15) is 66.2 Å². The topological polar surface area (TPSA) is 36.9 Å². The van der Waals surface area contributed by atoms with Crippen molar-refractivity contribution in [2.24, 2.45) is 0 Å². The van der Waals surface area contributed by atoms with Gasteiger partial charge in [-0.15, -0.1) is 0 Å². The van der Waals surface area contributed by atoms with Crippen molar-refractivity contribution in [2.45, 2.75) is 72.4 Å². The van der Waals surface area contributed by atoms with E-state index in [2.05, 4.69) is 57.2 Å². The molecule has 0 heterocycles. The summed E-state index contributed by atoms with van der Waals surface area (Å²) in [5.41, 5.74) is 0. The maximum atomic E-state index is 5.86. The molecule has 4 nitrogen and oxygen atoms in total. The highest BCUT2D eigenvalue weighted by molar-refractivity contribution is 4.81. The Morgan fingerprint density at radius 1 is 0.520 bits per heavy atom. The van der Waals surface area contributed by atoms with Crippen molar-refractivity contribution in [3.8, 4) is 0 Å². The molecule has 0 atom stereocenters. The minimum atomic E-state index is -1.41. The van der Waals surface area contributed by atoms with Crippen LogP contribution in [0.4, 0.5) is 0 Å². The van der Waals surface area contributed by atoms with Gasteiger partial charge in [0.05, 0.1) is 26.4 Å². The molecule has 0 spiro atoms. The molecule has 0 radical (unpaired) electrons. The molecule has 0 unspecified atom stereocenters.